The topological polar surface area (TPSA) is 29.5 Å². The highest BCUT2D eigenvalue weighted by molar-refractivity contribution is 5.97. The van der Waals surface area contributed by atoms with E-state index in [9.17, 15) is 4.79 Å². The van der Waals surface area contributed by atoms with Gasteiger partial charge in [0.25, 0.3) is 5.91 Å². The first-order chi connectivity index (χ1) is 9.54. The van der Waals surface area contributed by atoms with Crippen LogP contribution in [0.1, 0.15) is 61.9 Å². The highest BCUT2D eigenvalue weighted by Crippen LogP contribution is 2.27. The molecule has 1 atom stereocenters. The summed E-state index contributed by atoms with van der Waals surface area (Å²) in [6, 6.07) is 6.27. The number of benzene rings is 1. The number of piperidine rings is 1. The second-order valence-corrected chi connectivity index (χ2v) is 5.96. The number of hydrogen-bond acceptors (Lipinski definition) is 2. The van der Waals surface area contributed by atoms with E-state index in [0.717, 1.165) is 19.4 Å². The Hall–Kier alpha value is -1.51. The normalized spacial score (nSPS) is 19.2. The first kappa shape index (κ1) is 14.9. The van der Waals surface area contributed by atoms with E-state index in [0.29, 0.717) is 23.3 Å². The second kappa shape index (κ2) is 6.29. The van der Waals surface area contributed by atoms with Gasteiger partial charge in [0.15, 0.2) is 0 Å². The van der Waals surface area contributed by atoms with Gasteiger partial charge in [0.1, 0.15) is 5.75 Å². The molecule has 0 N–H and O–H groups in total. The number of nitrogens with zero attached hydrogens (tertiary/aromatic N) is 1. The molecule has 20 heavy (non-hydrogen) atoms. The lowest BCUT2D eigenvalue weighted by Gasteiger charge is -2.34. The van der Waals surface area contributed by atoms with Crippen LogP contribution in [0.5, 0.6) is 5.75 Å². The van der Waals surface area contributed by atoms with Crippen molar-refractivity contribution in [3.05, 3.63) is 29.3 Å². The van der Waals surface area contributed by atoms with Crippen molar-refractivity contribution in [3.63, 3.8) is 0 Å². The average Bonchev–Trinajstić information content (AvgIpc) is 2.46. The Morgan fingerprint density at radius 3 is 2.70 bits per heavy atom. The van der Waals surface area contributed by atoms with Gasteiger partial charge in [-0.15, -0.1) is 0 Å². The van der Waals surface area contributed by atoms with Crippen molar-refractivity contribution in [1.29, 1.82) is 0 Å². The minimum atomic E-state index is 0.108. The van der Waals surface area contributed by atoms with E-state index >= 15 is 0 Å². The molecule has 1 aliphatic rings. The van der Waals surface area contributed by atoms with Crippen molar-refractivity contribution < 1.29 is 9.53 Å². The summed E-state index contributed by atoms with van der Waals surface area (Å²) < 4.78 is 5.38. The summed E-state index contributed by atoms with van der Waals surface area (Å²) >= 11 is 0. The molecule has 0 bridgehead atoms. The predicted octanol–water partition coefficient (Wildman–Crippen LogP) is 3.83. The third kappa shape index (κ3) is 2.97. The molecular formula is C17H25NO2. The Labute approximate surface area is 121 Å². The second-order valence-electron chi connectivity index (χ2n) is 5.96. The molecule has 1 aromatic carbocycles. The van der Waals surface area contributed by atoms with Crippen molar-refractivity contribution in [1.82, 2.24) is 4.90 Å². The van der Waals surface area contributed by atoms with Gasteiger partial charge >= 0.3 is 0 Å². The molecule has 1 unspecified atom stereocenters. The van der Waals surface area contributed by atoms with Gasteiger partial charge in [0.2, 0.25) is 0 Å². The number of carbonyl (C=O) groups is 1. The molecule has 0 spiro atoms. The maximum absolute atomic E-state index is 12.8. The fourth-order valence-electron chi connectivity index (χ4n) is 2.81. The summed E-state index contributed by atoms with van der Waals surface area (Å²) in [5.41, 5.74) is 1.88. The monoisotopic (exact) mass is 275 g/mol. The number of ether oxygens (including phenoxy) is 1. The smallest absolute Gasteiger partial charge is 0.257 e. The van der Waals surface area contributed by atoms with Crippen molar-refractivity contribution >= 4 is 5.91 Å². The van der Waals surface area contributed by atoms with Crippen molar-refractivity contribution in [2.24, 2.45) is 0 Å². The summed E-state index contributed by atoms with van der Waals surface area (Å²) in [5.74, 6) is 1.19. The number of methoxy groups -OCH3 is 1. The molecule has 110 valence electrons. The van der Waals surface area contributed by atoms with Gasteiger partial charge in [-0.25, -0.2) is 0 Å². The number of rotatable bonds is 3. The Kier molecular flexibility index (Phi) is 4.69. The molecular weight excluding hydrogens is 250 g/mol. The Morgan fingerprint density at radius 1 is 1.35 bits per heavy atom. The fraction of sp³-hybridized carbons (Fsp3) is 0.588. The summed E-state index contributed by atoms with van der Waals surface area (Å²) in [4.78, 5) is 14.8. The first-order valence-corrected chi connectivity index (χ1v) is 7.53. The minimum absolute atomic E-state index is 0.108. The Bertz CT molecular complexity index is 482. The summed E-state index contributed by atoms with van der Waals surface area (Å²) in [6.45, 7) is 7.27. The van der Waals surface area contributed by atoms with Crippen LogP contribution in [-0.4, -0.2) is 30.5 Å². The summed E-state index contributed by atoms with van der Waals surface area (Å²) in [6.07, 6.45) is 3.41. The Morgan fingerprint density at radius 2 is 2.10 bits per heavy atom. The van der Waals surface area contributed by atoms with Gasteiger partial charge in [-0.2, -0.15) is 0 Å². The van der Waals surface area contributed by atoms with E-state index in [4.69, 9.17) is 4.74 Å². The standard InChI is InChI=1S/C17H25NO2/c1-12(2)14-8-9-16(20-4)15(11-14)17(19)18-10-6-5-7-13(18)3/h8-9,11-13H,5-7,10H2,1-4H3. The zero-order valence-corrected chi connectivity index (χ0v) is 13.0. The largest absolute Gasteiger partial charge is 0.496 e. The lowest BCUT2D eigenvalue weighted by atomic mass is 9.98. The predicted molar refractivity (Wildman–Crippen MR) is 81.4 cm³/mol. The molecule has 1 amide bonds. The van der Waals surface area contributed by atoms with Gasteiger partial charge in [-0.05, 0) is 49.8 Å². The maximum atomic E-state index is 12.8. The number of likely N-dealkylation sites (tertiary alicyclic amines) is 1. The van der Waals surface area contributed by atoms with Crippen LogP contribution < -0.4 is 4.74 Å². The molecule has 0 aliphatic carbocycles. The summed E-state index contributed by atoms with van der Waals surface area (Å²) in [5, 5.41) is 0. The van der Waals surface area contributed by atoms with E-state index in [-0.39, 0.29) is 5.91 Å². The molecule has 2 rings (SSSR count). The van der Waals surface area contributed by atoms with Crippen molar-refractivity contribution in [3.8, 4) is 5.75 Å². The fourth-order valence-corrected chi connectivity index (χ4v) is 2.81. The van der Waals surface area contributed by atoms with Crippen molar-refractivity contribution in [2.45, 2.75) is 52.0 Å². The van der Waals surface area contributed by atoms with E-state index < -0.39 is 0 Å². The van der Waals surface area contributed by atoms with Gasteiger partial charge in [0, 0.05) is 12.6 Å². The molecule has 0 radical (unpaired) electrons. The highest BCUT2D eigenvalue weighted by Gasteiger charge is 2.26. The number of carbonyl (C=O) groups excluding carboxylic acids is 1. The third-order valence-electron chi connectivity index (χ3n) is 4.18. The number of amides is 1. The molecule has 1 aliphatic heterocycles. The zero-order chi connectivity index (χ0) is 14.7. The number of hydrogen-bond donors (Lipinski definition) is 0. The molecule has 0 aromatic heterocycles. The quantitative estimate of drug-likeness (QED) is 0.839. The lowest BCUT2D eigenvalue weighted by molar-refractivity contribution is 0.0632. The minimum Gasteiger partial charge on any atom is -0.496 e. The van der Waals surface area contributed by atoms with Crippen LogP contribution in [0, 0.1) is 0 Å². The van der Waals surface area contributed by atoms with E-state index in [1.807, 2.05) is 23.1 Å². The van der Waals surface area contributed by atoms with Crippen LogP contribution in [0.15, 0.2) is 18.2 Å². The van der Waals surface area contributed by atoms with Crippen molar-refractivity contribution in [2.75, 3.05) is 13.7 Å². The lowest BCUT2D eigenvalue weighted by Crippen LogP contribution is -2.42. The molecule has 3 nitrogen and oxygen atoms in total. The van der Waals surface area contributed by atoms with Crippen LogP contribution in [0.4, 0.5) is 0 Å². The first-order valence-electron chi connectivity index (χ1n) is 7.53. The third-order valence-corrected chi connectivity index (χ3v) is 4.18. The molecule has 0 saturated carbocycles. The van der Waals surface area contributed by atoms with Crippen LogP contribution in [-0.2, 0) is 0 Å². The maximum Gasteiger partial charge on any atom is 0.257 e. The molecule has 1 heterocycles. The molecule has 1 fully saturated rings. The van der Waals surface area contributed by atoms with Gasteiger partial charge in [-0.1, -0.05) is 19.9 Å². The van der Waals surface area contributed by atoms with E-state index in [2.05, 4.69) is 20.8 Å². The van der Waals surface area contributed by atoms with E-state index in [1.54, 1.807) is 7.11 Å². The highest BCUT2D eigenvalue weighted by atomic mass is 16.5. The van der Waals surface area contributed by atoms with Crippen LogP contribution in [0.25, 0.3) is 0 Å². The average molecular weight is 275 g/mol. The van der Waals surface area contributed by atoms with Crippen LogP contribution in [0.2, 0.25) is 0 Å². The van der Waals surface area contributed by atoms with Gasteiger partial charge < -0.3 is 9.64 Å². The Balaban J connectivity index is 2.33. The van der Waals surface area contributed by atoms with Gasteiger partial charge in [0.05, 0.1) is 12.7 Å². The van der Waals surface area contributed by atoms with Gasteiger partial charge in [-0.3, -0.25) is 4.79 Å². The molecule has 1 aromatic rings. The zero-order valence-electron chi connectivity index (χ0n) is 13.0. The molecule has 3 heteroatoms. The van der Waals surface area contributed by atoms with E-state index in [1.165, 1.54) is 12.0 Å². The SMILES string of the molecule is COc1ccc(C(C)C)cc1C(=O)N1CCCCC1C. The van der Waals surface area contributed by atoms with Crippen LogP contribution in [0.3, 0.4) is 0 Å². The summed E-state index contributed by atoms with van der Waals surface area (Å²) in [7, 11) is 1.63. The molecule has 1 saturated heterocycles. The van der Waals surface area contributed by atoms with Crippen LogP contribution >= 0.6 is 0 Å².